The van der Waals surface area contributed by atoms with Gasteiger partial charge in [-0.3, -0.25) is 0 Å². The van der Waals surface area contributed by atoms with E-state index in [1.807, 2.05) is 0 Å². The molecule has 2 nitrogen and oxygen atoms in total. The molecule has 1 fully saturated rings. The first-order valence-electron chi connectivity index (χ1n) is 7.29. The third kappa shape index (κ3) is 2.29. The van der Waals surface area contributed by atoms with Gasteiger partial charge in [0.25, 0.3) is 0 Å². The Labute approximate surface area is 117 Å². The van der Waals surface area contributed by atoms with Crippen molar-refractivity contribution in [2.75, 3.05) is 6.54 Å². The van der Waals surface area contributed by atoms with Crippen LogP contribution in [-0.2, 0) is 4.43 Å². The molecule has 0 saturated carbocycles. The maximum atomic E-state index is 6.78. The van der Waals surface area contributed by atoms with Crippen molar-refractivity contribution in [2.45, 2.75) is 70.9 Å². The predicted molar refractivity (Wildman–Crippen MR) is 93.1 cm³/mol. The van der Waals surface area contributed by atoms with Crippen molar-refractivity contribution in [3.8, 4) is 0 Å². The molecule has 1 unspecified atom stereocenters. The van der Waals surface area contributed by atoms with Crippen LogP contribution in [0.1, 0.15) is 12.8 Å². The minimum Gasteiger partial charge on any atom is -0.421 e. The molecule has 0 aliphatic carbocycles. The second-order valence-corrected chi connectivity index (χ2v) is 47.3. The standard InChI is InChI=1S/C12H33NOSi4/c1-15(2)12(10-9-11-13)14-16(3,4)18(7,8)17(15,5)6/h12H,9-11,13H2,1-8H3. The number of rotatable bonds is 3. The summed E-state index contributed by atoms with van der Waals surface area (Å²) >= 11 is 0. The summed E-state index contributed by atoms with van der Waals surface area (Å²) in [7, 11) is -5.01. The first-order chi connectivity index (χ1) is 7.92. The van der Waals surface area contributed by atoms with Crippen LogP contribution in [0, 0.1) is 0 Å². The molecular formula is C12H33NOSi4. The Hall–Kier alpha value is 0.788. The third-order valence-corrected chi connectivity index (χ3v) is 73.2. The Kier molecular flexibility index (Phi) is 4.64. The Morgan fingerprint density at radius 3 is 1.83 bits per heavy atom. The second-order valence-electron chi connectivity index (χ2n) is 8.02. The van der Waals surface area contributed by atoms with E-state index in [9.17, 15) is 0 Å². The van der Waals surface area contributed by atoms with Gasteiger partial charge in [-0.1, -0.05) is 39.3 Å². The van der Waals surface area contributed by atoms with Crippen molar-refractivity contribution in [1.82, 2.24) is 0 Å². The van der Waals surface area contributed by atoms with Crippen molar-refractivity contribution in [2.24, 2.45) is 5.73 Å². The molecule has 0 amide bonds. The highest BCUT2D eigenvalue weighted by atomic mass is 29.8. The fourth-order valence-electron chi connectivity index (χ4n) is 3.33. The summed E-state index contributed by atoms with van der Waals surface area (Å²) in [6, 6.07) is 0. The van der Waals surface area contributed by atoms with Crippen LogP contribution in [-0.4, -0.2) is 41.9 Å². The van der Waals surface area contributed by atoms with Gasteiger partial charge in [0.15, 0.2) is 7.83 Å². The van der Waals surface area contributed by atoms with Crippen molar-refractivity contribution in [3.63, 3.8) is 0 Å². The van der Waals surface area contributed by atoms with Gasteiger partial charge in [0.2, 0.25) is 0 Å². The molecule has 1 aliphatic heterocycles. The fraction of sp³-hybridized carbons (Fsp3) is 1.00. The lowest BCUT2D eigenvalue weighted by molar-refractivity contribution is 0.255. The summed E-state index contributed by atoms with van der Waals surface area (Å²) in [5.41, 5.74) is 6.30. The molecule has 0 bridgehead atoms. The Morgan fingerprint density at radius 2 is 1.39 bits per heavy atom. The minimum atomic E-state index is -1.46. The maximum absolute atomic E-state index is 6.78. The van der Waals surface area contributed by atoms with E-state index in [0.29, 0.717) is 5.73 Å². The van der Waals surface area contributed by atoms with Crippen LogP contribution in [0.2, 0.25) is 52.4 Å². The zero-order valence-electron chi connectivity index (χ0n) is 13.7. The Balaban J connectivity index is 3.15. The lowest BCUT2D eigenvalue weighted by Crippen LogP contribution is -2.87. The number of nitrogens with two attached hydrogens (primary N) is 1. The van der Waals surface area contributed by atoms with Gasteiger partial charge in [0, 0.05) is 12.8 Å². The first kappa shape index (κ1) is 16.8. The van der Waals surface area contributed by atoms with Gasteiger partial charge in [-0.25, -0.2) is 0 Å². The lowest BCUT2D eigenvalue weighted by Gasteiger charge is -2.62. The van der Waals surface area contributed by atoms with Gasteiger partial charge in [0.05, 0.1) is 14.7 Å². The quantitative estimate of drug-likeness (QED) is 0.811. The molecule has 0 radical (unpaired) electrons. The highest BCUT2D eigenvalue weighted by molar-refractivity contribution is 7.83. The smallest absolute Gasteiger partial charge is 0.170 e. The molecule has 0 aromatic heterocycles. The van der Waals surface area contributed by atoms with Crippen molar-refractivity contribution in [1.29, 1.82) is 0 Å². The average Bonchev–Trinajstić information content (AvgIpc) is 2.21. The molecule has 1 aliphatic rings. The van der Waals surface area contributed by atoms with E-state index < -0.39 is 29.6 Å². The summed E-state index contributed by atoms with van der Waals surface area (Å²) in [5.74, 6) is 0. The number of hydrogen-bond acceptors (Lipinski definition) is 2. The zero-order valence-corrected chi connectivity index (χ0v) is 17.7. The van der Waals surface area contributed by atoms with Gasteiger partial charge in [0.1, 0.15) is 0 Å². The summed E-state index contributed by atoms with van der Waals surface area (Å²) in [6.07, 6.45) is 2.35. The Morgan fingerprint density at radius 1 is 0.889 bits per heavy atom. The predicted octanol–water partition coefficient (Wildman–Crippen LogP) is 3.23. The van der Waals surface area contributed by atoms with Crippen molar-refractivity contribution in [3.05, 3.63) is 0 Å². The van der Waals surface area contributed by atoms with Gasteiger partial charge >= 0.3 is 0 Å². The Bertz CT molecular complexity index is 315. The summed E-state index contributed by atoms with van der Waals surface area (Å²) in [6.45, 7) is 21.7. The van der Waals surface area contributed by atoms with Crippen LogP contribution in [0.15, 0.2) is 0 Å². The molecule has 0 aromatic carbocycles. The molecule has 0 spiro atoms. The fourth-order valence-corrected chi connectivity index (χ4v) is 72.6. The maximum Gasteiger partial charge on any atom is 0.170 e. The normalized spacial score (nSPS) is 32.2. The highest BCUT2D eigenvalue weighted by Gasteiger charge is 2.66. The van der Waals surface area contributed by atoms with Gasteiger partial charge < -0.3 is 10.2 Å². The van der Waals surface area contributed by atoms with Crippen LogP contribution >= 0.6 is 0 Å². The van der Waals surface area contributed by atoms with Crippen LogP contribution in [0.3, 0.4) is 0 Å². The second kappa shape index (κ2) is 4.96. The third-order valence-electron chi connectivity index (χ3n) is 6.59. The minimum absolute atomic E-state index is 0.588. The summed E-state index contributed by atoms with van der Waals surface area (Å²) in [4.78, 5) is 0. The van der Waals surface area contributed by atoms with Gasteiger partial charge in [-0.2, -0.15) is 0 Å². The SMILES string of the molecule is C[Si]1(C)OC(CCCN)[Si](C)(C)[Si](C)(C)[Si]1(C)C. The van der Waals surface area contributed by atoms with Crippen LogP contribution in [0.5, 0.6) is 0 Å². The zero-order chi connectivity index (χ0) is 14.4. The van der Waals surface area contributed by atoms with E-state index in [0.717, 1.165) is 13.0 Å². The van der Waals surface area contributed by atoms with Crippen LogP contribution < -0.4 is 5.73 Å². The summed E-state index contributed by atoms with van der Waals surface area (Å²) in [5, 5.41) is 0. The van der Waals surface area contributed by atoms with E-state index in [1.165, 1.54) is 6.42 Å². The molecule has 1 atom stereocenters. The van der Waals surface area contributed by atoms with E-state index in [-0.39, 0.29) is 0 Å². The van der Waals surface area contributed by atoms with E-state index in [2.05, 4.69) is 52.4 Å². The molecule has 1 heterocycles. The highest BCUT2D eigenvalue weighted by Crippen LogP contribution is 2.44. The molecule has 6 heteroatoms. The van der Waals surface area contributed by atoms with Gasteiger partial charge in [-0.15, -0.1) is 0 Å². The van der Waals surface area contributed by atoms with E-state index >= 15 is 0 Å². The molecule has 18 heavy (non-hydrogen) atoms. The number of hydrogen-bond donors (Lipinski definition) is 1. The topological polar surface area (TPSA) is 35.2 Å². The molecular weight excluding hydrogens is 286 g/mol. The largest absolute Gasteiger partial charge is 0.421 e. The first-order valence-corrected chi connectivity index (χ1v) is 22.3. The van der Waals surface area contributed by atoms with E-state index in [1.54, 1.807) is 0 Å². The van der Waals surface area contributed by atoms with Gasteiger partial charge in [-0.05, 0) is 32.5 Å². The molecule has 108 valence electrons. The molecule has 2 N–H and O–H groups in total. The molecule has 1 rings (SSSR count). The van der Waals surface area contributed by atoms with E-state index in [4.69, 9.17) is 10.2 Å². The monoisotopic (exact) mass is 319 g/mol. The van der Waals surface area contributed by atoms with Crippen LogP contribution in [0.25, 0.3) is 0 Å². The van der Waals surface area contributed by atoms with Crippen molar-refractivity contribution >= 4 is 29.6 Å². The average molecular weight is 320 g/mol. The summed E-state index contributed by atoms with van der Waals surface area (Å²) < 4.78 is 6.78. The van der Waals surface area contributed by atoms with Crippen molar-refractivity contribution < 1.29 is 4.43 Å². The van der Waals surface area contributed by atoms with Crippen LogP contribution in [0.4, 0.5) is 0 Å². The molecule has 1 saturated heterocycles. The molecule has 0 aromatic rings. The lowest BCUT2D eigenvalue weighted by atomic mass is 10.3.